The number of hydrogen-bond donors (Lipinski definition) is 1. The molecule has 0 amide bonds. The fourth-order valence-electron chi connectivity index (χ4n) is 2.73. The summed E-state index contributed by atoms with van der Waals surface area (Å²) in [5.74, 6) is 0. The second-order valence-corrected chi connectivity index (χ2v) is 7.57. The van der Waals surface area contributed by atoms with E-state index in [1.165, 1.54) is 10.0 Å². The zero-order valence-corrected chi connectivity index (χ0v) is 14.1. The molecule has 3 heterocycles. The molecule has 0 aliphatic rings. The van der Waals surface area contributed by atoms with E-state index in [1.807, 2.05) is 6.07 Å². The first-order valence-electron chi connectivity index (χ1n) is 7.25. The Hall–Kier alpha value is -2.36. The molecule has 0 radical (unpaired) electrons. The third kappa shape index (κ3) is 2.20. The molecule has 0 spiro atoms. The van der Waals surface area contributed by atoms with Crippen molar-refractivity contribution in [2.45, 2.75) is 11.3 Å². The van der Waals surface area contributed by atoms with Crippen LogP contribution in [0.25, 0.3) is 22.1 Å². The van der Waals surface area contributed by atoms with E-state index in [4.69, 9.17) is 5.73 Å². The highest BCUT2D eigenvalue weighted by atomic mass is 32.2. The lowest BCUT2D eigenvalue weighted by molar-refractivity contribution is 0.589. The molecule has 0 aliphatic carbocycles. The van der Waals surface area contributed by atoms with Gasteiger partial charge in [0.25, 0.3) is 10.0 Å². The number of nitrogens with two attached hydrogens (primary N) is 1. The highest BCUT2D eigenvalue weighted by Gasteiger charge is 2.25. The van der Waals surface area contributed by atoms with E-state index >= 15 is 0 Å². The van der Waals surface area contributed by atoms with Crippen LogP contribution in [0.2, 0.25) is 0 Å². The monoisotopic (exact) mass is 359 g/mol. The molecular weight excluding hydrogens is 346 g/mol. The van der Waals surface area contributed by atoms with Gasteiger partial charge in [0.05, 0.1) is 11.7 Å². The Morgan fingerprint density at radius 3 is 2.88 bits per heavy atom. The predicted octanol–water partition coefficient (Wildman–Crippen LogP) is 1.78. The second kappa shape index (κ2) is 5.62. The van der Waals surface area contributed by atoms with E-state index in [9.17, 15) is 8.42 Å². The van der Waals surface area contributed by atoms with Crippen LogP contribution in [0.15, 0.2) is 47.6 Å². The van der Waals surface area contributed by atoms with Crippen molar-refractivity contribution in [2.75, 3.05) is 6.54 Å². The molecule has 7 nitrogen and oxygen atoms in total. The first-order valence-corrected chi connectivity index (χ1v) is 9.42. The highest BCUT2D eigenvalue weighted by molar-refractivity contribution is 7.90. The lowest BCUT2D eigenvalue weighted by Gasteiger charge is -2.07. The van der Waals surface area contributed by atoms with Crippen LogP contribution in [-0.2, 0) is 16.4 Å². The van der Waals surface area contributed by atoms with Crippen molar-refractivity contribution in [3.8, 4) is 0 Å². The van der Waals surface area contributed by atoms with Crippen LogP contribution in [-0.4, -0.2) is 32.7 Å². The summed E-state index contributed by atoms with van der Waals surface area (Å²) in [6.07, 6.45) is 3.75. The first kappa shape index (κ1) is 15.2. The van der Waals surface area contributed by atoms with Crippen LogP contribution in [0, 0.1) is 0 Å². The van der Waals surface area contributed by atoms with Gasteiger partial charge in [-0.25, -0.2) is 17.4 Å². The van der Waals surface area contributed by atoms with Crippen molar-refractivity contribution in [3.63, 3.8) is 0 Å². The van der Waals surface area contributed by atoms with Crippen LogP contribution in [0.5, 0.6) is 0 Å². The van der Waals surface area contributed by atoms with Gasteiger partial charge in [0.1, 0.15) is 15.9 Å². The molecule has 0 unspecified atom stereocenters. The van der Waals surface area contributed by atoms with E-state index in [1.54, 1.807) is 30.6 Å². The Bertz CT molecular complexity index is 1150. The topological polar surface area (TPSA) is 104 Å². The smallest absolute Gasteiger partial charge is 0.271 e. The van der Waals surface area contributed by atoms with Gasteiger partial charge in [-0.1, -0.05) is 6.07 Å². The third-order valence-corrected chi connectivity index (χ3v) is 6.04. The number of pyridine rings is 1. The molecule has 0 bridgehead atoms. The van der Waals surface area contributed by atoms with Crippen LogP contribution < -0.4 is 5.73 Å². The SMILES string of the molecule is NCCc1cn(S(=O)(=O)c2cccc3nsnc23)c2ncccc12. The Morgan fingerprint density at radius 2 is 2.04 bits per heavy atom. The lowest BCUT2D eigenvalue weighted by Crippen LogP contribution is -2.13. The molecule has 9 heteroatoms. The van der Waals surface area contributed by atoms with Gasteiger partial charge < -0.3 is 5.73 Å². The average Bonchev–Trinajstić information content (AvgIpc) is 3.20. The van der Waals surface area contributed by atoms with Gasteiger partial charge in [0.15, 0.2) is 5.65 Å². The van der Waals surface area contributed by atoms with E-state index in [0.717, 1.165) is 22.7 Å². The maximum absolute atomic E-state index is 13.2. The average molecular weight is 359 g/mol. The quantitative estimate of drug-likeness (QED) is 0.596. The van der Waals surface area contributed by atoms with Crippen molar-refractivity contribution in [1.29, 1.82) is 0 Å². The van der Waals surface area contributed by atoms with Crippen LogP contribution >= 0.6 is 11.7 Å². The first-order chi connectivity index (χ1) is 11.6. The van der Waals surface area contributed by atoms with Gasteiger partial charge >= 0.3 is 0 Å². The van der Waals surface area contributed by atoms with Crippen LogP contribution in [0.1, 0.15) is 5.56 Å². The zero-order valence-electron chi connectivity index (χ0n) is 12.5. The Morgan fingerprint density at radius 1 is 1.17 bits per heavy atom. The fraction of sp³-hybridized carbons (Fsp3) is 0.133. The summed E-state index contributed by atoms with van der Waals surface area (Å²) in [5, 5.41) is 0.787. The maximum Gasteiger partial charge on any atom is 0.271 e. The third-order valence-electron chi connectivity index (χ3n) is 3.81. The van der Waals surface area contributed by atoms with E-state index in [-0.39, 0.29) is 4.90 Å². The second-order valence-electron chi connectivity index (χ2n) is 5.26. The summed E-state index contributed by atoms with van der Waals surface area (Å²) < 4.78 is 35.9. The molecule has 122 valence electrons. The van der Waals surface area contributed by atoms with E-state index < -0.39 is 10.0 Å². The van der Waals surface area contributed by atoms with Gasteiger partial charge in [0.2, 0.25) is 0 Å². The van der Waals surface area contributed by atoms with Crippen molar-refractivity contribution in [2.24, 2.45) is 5.73 Å². The van der Waals surface area contributed by atoms with Crippen molar-refractivity contribution in [1.82, 2.24) is 17.7 Å². The Labute approximate surface area is 142 Å². The fourth-order valence-corrected chi connectivity index (χ4v) is 4.83. The summed E-state index contributed by atoms with van der Waals surface area (Å²) in [7, 11) is -3.84. The standard InChI is InChI=1S/C15H13N5O2S2/c16-7-6-10-9-20(15-11(10)3-2-8-17-15)24(21,22)13-5-1-4-12-14(13)19-23-18-12/h1-5,8-9H,6-7,16H2. The molecule has 2 N–H and O–H groups in total. The molecule has 0 saturated carbocycles. The number of benzene rings is 1. The van der Waals surface area contributed by atoms with Gasteiger partial charge in [0, 0.05) is 17.8 Å². The summed E-state index contributed by atoms with van der Waals surface area (Å²) in [4.78, 5) is 4.37. The summed E-state index contributed by atoms with van der Waals surface area (Å²) in [6, 6.07) is 8.57. The van der Waals surface area contributed by atoms with Gasteiger partial charge in [-0.05, 0) is 42.8 Å². The number of hydrogen-bond acceptors (Lipinski definition) is 7. The number of nitrogens with zero attached hydrogens (tertiary/aromatic N) is 4. The normalized spacial score (nSPS) is 12.2. The minimum absolute atomic E-state index is 0.121. The Balaban J connectivity index is 2.01. The molecule has 24 heavy (non-hydrogen) atoms. The number of rotatable bonds is 4. The summed E-state index contributed by atoms with van der Waals surface area (Å²) in [5.41, 5.74) is 7.83. The molecule has 0 fully saturated rings. The van der Waals surface area contributed by atoms with E-state index in [2.05, 4.69) is 13.7 Å². The van der Waals surface area contributed by atoms with Gasteiger partial charge in [-0.15, -0.1) is 0 Å². The molecule has 3 aromatic heterocycles. The van der Waals surface area contributed by atoms with Gasteiger partial charge in [-0.3, -0.25) is 0 Å². The van der Waals surface area contributed by atoms with Crippen molar-refractivity contribution >= 4 is 43.8 Å². The Kier molecular flexibility index (Phi) is 3.56. The molecular formula is C15H13N5O2S2. The van der Waals surface area contributed by atoms with Crippen molar-refractivity contribution in [3.05, 3.63) is 48.3 Å². The van der Waals surface area contributed by atoms with E-state index in [0.29, 0.717) is 29.6 Å². The molecule has 1 aromatic carbocycles. The molecule has 4 aromatic rings. The lowest BCUT2D eigenvalue weighted by atomic mass is 10.2. The maximum atomic E-state index is 13.2. The minimum Gasteiger partial charge on any atom is -0.330 e. The summed E-state index contributed by atoms with van der Waals surface area (Å²) >= 11 is 0.989. The molecule has 0 atom stereocenters. The van der Waals surface area contributed by atoms with Crippen LogP contribution in [0.4, 0.5) is 0 Å². The predicted molar refractivity (Wildman–Crippen MR) is 92.5 cm³/mol. The minimum atomic E-state index is -3.84. The zero-order chi connectivity index (χ0) is 16.7. The molecule has 0 aliphatic heterocycles. The summed E-state index contributed by atoms with van der Waals surface area (Å²) in [6.45, 7) is 0.430. The van der Waals surface area contributed by atoms with Crippen LogP contribution in [0.3, 0.4) is 0 Å². The number of aromatic nitrogens is 4. The largest absolute Gasteiger partial charge is 0.330 e. The van der Waals surface area contributed by atoms with Gasteiger partial charge in [-0.2, -0.15) is 8.75 Å². The molecule has 0 saturated heterocycles. The van der Waals surface area contributed by atoms with Crippen molar-refractivity contribution < 1.29 is 8.42 Å². The highest BCUT2D eigenvalue weighted by Crippen LogP contribution is 2.28. The number of fused-ring (bicyclic) bond motifs is 2. The molecule has 4 rings (SSSR count).